The van der Waals surface area contributed by atoms with Crippen molar-refractivity contribution >= 4 is 11.9 Å². The maximum absolute atomic E-state index is 11.1. The second kappa shape index (κ2) is 5.60. The Balaban J connectivity index is 4.60. The molecule has 6 heteroatoms. The van der Waals surface area contributed by atoms with Crippen LogP contribution in [0.4, 0.5) is 0 Å². The van der Waals surface area contributed by atoms with E-state index in [1.54, 1.807) is 0 Å². The van der Waals surface area contributed by atoms with Gasteiger partial charge in [-0.25, -0.2) is 9.59 Å². The van der Waals surface area contributed by atoms with Crippen molar-refractivity contribution in [3.8, 4) is 0 Å². The lowest BCUT2D eigenvalue weighted by atomic mass is 10.3. The zero-order chi connectivity index (χ0) is 13.8. The second-order valence-electron chi connectivity index (χ2n) is 3.66. The molecule has 0 aliphatic heterocycles. The molecule has 0 aliphatic carbocycles. The Labute approximate surface area is 99.1 Å². The van der Waals surface area contributed by atoms with Crippen LogP contribution < -0.4 is 0 Å². The molecule has 6 nitrogen and oxygen atoms in total. The zero-order valence-electron chi connectivity index (χ0n) is 10.0. The lowest BCUT2D eigenvalue weighted by Gasteiger charge is -2.27. The first kappa shape index (κ1) is 15.3. The summed E-state index contributed by atoms with van der Waals surface area (Å²) in [6.45, 7) is 10.5. The van der Waals surface area contributed by atoms with Crippen LogP contribution in [0.2, 0.25) is 0 Å². The predicted molar refractivity (Wildman–Crippen MR) is 58.4 cm³/mol. The Morgan fingerprint density at radius 2 is 1.53 bits per heavy atom. The van der Waals surface area contributed by atoms with E-state index in [4.69, 9.17) is 0 Å². The van der Waals surface area contributed by atoms with Crippen LogP contribution in [-0.4, -0.2) is 34.2 Å². The maximum atomic E-state index is 11.1. The van der Waals surface area contributed by atoms with E-state index < -0.39 is 24.0 Å². The third-order valence-electron chi connectivity index (χ3n) is 1.75. The summed E-state index contributed by atoms with van der Waals surface area (Å²) in [5, 5.41) is 18.8. The number of aliphatic hydroxyl groups is 2. The highest BCUT2D eigenvalue weighted by Gasteiger charge is 2.39. The Morgan fingerprint density at radius 1 is 1.12 bits per heavy atom. The van der Waals surface area contributed by atoms with Crippen molar-refractivity contribution in [3.63, 3.8) is 0 Å². The van der Waals surface area contributed by atoms with Gasteiger partial charge in [0.25, 0.3) is 0 Å². The minimum absolute atomic E-state index is 0.0177. The number of rotatable bonds is 5. The lowest BCUT2D eigenvalue weighted by molar-refractivity contribution is -0.354. The van der Waals surface area contributed by atoms with Gasteiger partial charge >= 0.3 is 17.9 Å². The molecule has 0 bridgehead atoms. The van der Waals surface area contributed by atoms with E-state index in [9.17, 15) is 19.8 Å². The lowest BCUT2D eigenvalue weighted by Crippen LogP contribution is -2.47. The first-order valence-corrected chi connectivity index (χ1v) is 4.78. The van der Waals surface area contributed by atoms with Crippen molar-refractivity contribution in [1.29, 1.82) is 0 Å². The quantitative estimate of drug-likeness (QED) is 0.409. The van der Waals surface area contributed by atoms with Gasteiger partial charge in [0, 0.05) is 11.1 Å². The molecule has 0 saturated heterocycles. The van der Waals surface area contributed by atoms with Crippen LogP contribution in [-0.2, 0) is 19.1 Å². The van der Waals surface area contributed by atoms with Crippen molar-refractivity contribution in [1.82, 2.24) is 0 Å². The normalized spacial score (nSPS) is 12.5. The van der Waals surface area contributed by atoms with Crippen LogP contribution in [0.25, 0.3) is 0 Å². The van der Waals surface area contributed by atoms with E-state index in [1.807, 2.05) is 0 Å². The first-order valence-electron chi connectivity index (χ1n) is 4.78. The van der Waals surface area contributed by atoms with Gasteiger partial charge in [-0.05, 0) is 20.8 Å². The molecule has 0 aromatic rings. The van der Waals surface area contributed by atoms with E-state index in [0.717, 1.165) is 6.92 Å². The highest BCUT2D eigenvalue weighted by atomic mass is 16.8. The fourth-order valence-corrected chi connectivity index (χ4v) is 0.644. The van der Waals surface area contributed by atoms with Crippen LogP contribution in [0.1, 0.15) is 20.8 Å². The van der Waals surface area contributed by atoms with Crippen molar-refractivity contribution < 1.29 is 29.3 Å². The fourth-order valence-electron chi connectivity index (χ4n) is 0.644. The average molecular weight is 244 g/mol. The van der Waals surface area contributed by atoms with Gasteiger partial charge in [0.1, 0.15) is 0 Å². The van der Waals surface area contributed by atoms with Crippen LogP contribution in [0, 0.1) is 0 Å². The smallest absolute Gasteiger partial charge is 0.363 e. The largest absolute Gasteiger partial charge is 0.449 e. The standard InChI is InChI=1S/C11H16O6/c1-6(2)9(12)16-8(5)11(14,15)17-10(13)7(3)4/h8,14-15H,1,3H2,2,4-5H3. The van der Waals surface area contributed by atoms with Gasteiger partial charge in [-0.15, -0.1) is 0 Å². The molecule has 2 N–H and O–H groups in total. The van der Waals surface area contributed by atoms with Gasteiger partial charge in [-0.3, -0.25) is 0 Å². The summed E-state index contributed by atoms with van der Waals surface area (Å²) >= 11 is 0. The highest BCUT2D eigenvalue weighted by molar-refractivity contribution is 5.88. The van der Waals surface area contributed by atoms with Crippen molar-refractivity contribution in [2.24, 2.45) is 0 Å². The molecule has 0 aromatic carbocycles. The van der Waals surface area contributed by atoms with E-state index in [0.29, 0.717) is 0 Å². The Morgan fingerprint density at radius 3 is 1.88 bits per heavy atom. The molecular weight excluding hydrogens is 228 g/mol. The molecule has 0 fully saturated rings. The summed E-state index contributed by atoms with van der Waals surface area (Å²) in [6.07, 6.45) is -1.46. The molecule has 1 atom stereocenters. The summed E-state index contributed by atoms with van der Waals surface area (Å²) < 4.78 is 8.92. The Bertz CT molecular complexity index is 355. The molecule has 0 spiro atoms. The summed E-state index contributed by atoms with van der Waals surface area (Å²) in [6, 6.07) is 0. The molecule has 17 heavy (non-hydrogen) atoms. The summed E-state index contributed by atoms with van der Waals surface area (Å²) in [5.41, 5.74) is 0.0646. The van der Waals surface area contributed by atoms with Crippen LogP contribution in [0.3, 0.4) is 0 Å². The molecule has 1 unspecified atom stereocenters. The van der Waals surface area contributed by atoms with Gasteiger partial charge in [0.15, 0.2) is 6.10 Å². The minimum Gasteiger partial charge on any atom is -0.449 e. The molecule has 96 valence electrons. The highest BCUT2D eigenvalue weighted by Crippen LogP contribution is 2.15. The molecule has 0 heterocycles. The summed E-state index contributed by atoms with van der Waals surface area (Å²) in [4.78, 5) is 22.2. The number of hydrogen-bond acceptors (Lipinski definition) is 6. The van der Waals surface area contributed by atoms with Crippen LogP contribution >= 0.6 is 0 Å². The molecule has 0 amide bonds. The molecular formula is C11H16O6. The van der Waals surface area contributed by atoms with Crippen LogP contribution in [0.15, 0.2) is 24.3 Å². The molecule has 0 aromatic heterocycles. The molecule has 0 aliphatic rings. The van der Waals surface area contributed by atoms with E-state index in [-0.39, 0.29) is 11.1 Å². The SMILES string of the molecule is C=C(C)C(=O)OC(C)C(O)(O)OC(=O)C(=C)C. The monoisotopic (exact) mass is 244 g/mol. The zero-order valence-corrected chi connectivity index (χ0v) is 10.0. The van der Waals surface area contributed by atoms with E-state index in [1.165, 1.54) is 13.8 Å². The van der Waals surface area contributed by atoms with Gasteiger partial charge in [0.2, 0.25) is 0 Å². The molecule has 0 radical (unpaired) electrons. The van der Waals surface area contributed by atoms with Gasteiger partial charge in [-0.1, -0.05) is 13.2 Å². The minimum atomic E-state index is -2.92. The summed E-state index contributed by atoms with van der Waals surface area (Å²) in [5.74, 6) is -4.74. The third kappa shape index (κ3) is 4.80. The van der Waals surface area contributed by atoms with E-state index >= 15 is 0 Å². The number of ether oxygens (including phenoxy) is 2. The predicted octanol–water partition coefficient (Wildman–Crippen LogP) is 0.252. The number of esters is 2. The molecule has 0 saturated carbocycles. The Hall–Kier alpha value is -1.66. The van der Waals surface area contributed by atoms with Gasteiger partial charge in [-0.2, -0.15) is 0 Å². The molecule has 0 rings (SSSR count). The van der Waals surface area contributed by atoms with Crippen molar-refractivity contribution in [2.75, 3.05) is 0 Å². The number of carbonyl (C=O) groups is 2. The Kier molecular flexibility index (Phi) is 5.06. The number of carbonyl (C=O) groups excluding carboxylic acids is 2. The van der Waals surface area contributed by atoms with Crippen molar-refractivity contribution in [2.45, 2.75) is 32.8 Å². The second-order valence-corrected chi connectivity index (χ2v) is 3.66. The van der Waals surface area contributed by atoms with Crippen LogP contribution in [0.5, 0.6) is 0 Å². The van der Waals surface area contributed by atoms with E-state index in [2.05, 4.69) is 22.6 Å². The number of hydrogen-bond donors (Lipinski definition) is 2. The van der Waals surface area contributed by atoms with Crippen molar-refractivity contribution in [3.05, 3.63) is 24.3 Å². The average Bonchev–Trinajstić information content (AvgIpc) is 2.16. The first-order chi connectivity index (χ1) is 7.58. The topological polar surface area (TPSA) is 93.1 Å². The fraction of sp³-hybridized carbons (Fsp3) is 0.455. The van der Waals surface area contributed by atoms with Gasteiger partial charge < -0.3 is 19.7 Å². The maximum Gasteiger partial charge on any atom is 0.363 e. The summed E-state index contributed by atoms with van der Waals surface area (Å²) in [7, 11) is 0. The van der Waals surface area contributed by atoms with Gasteiger partial charge in [0.05, 0.1) is 0 Å². The third-order valence-corrected chi connectivity index (χ3v) is 1.75.